The maximum atomic E-state index is 12.2. The van der Waals surface area contributed by atoms with Gasteiger partial charge in [0.05, 0.1) is 27.8 Å². The minimum Gasteiger partial charge on any atom is -0.325 e. The van der Waals surface area contributed by atoms with Gasteiger partial charge in [0, 0.05) is 11.1 Å². The maximum Gasteiger partial charge on any atom is 0.241 e. The van der Waals surface area contributed by atoms with E-state index in [2.05, 4.69) is 15.5 Å². The quantitative estimate of drug-likeness (QED) is 0.675. The SMILES string of the molecule is N[C@H](Cc1ccc(Cl)c(Cl)c1)C(=O)Nc1ccc2[nH]ncc2c1. The predicted molar refractivity (Wildman–Crippen MR) is 92.9 cm³/mol. The number of hydrogen-bond donors (Lipinski definition) is 3. The second-order valence-electron chi connectivity index (χ2n) is 5.22. The molecule has 2 aromatic carbocycles. The molecule has 1 aromatic heterocycles. The minimum atomic E-state index is -0.688. The van der Waals surface area contributed by atoms with Crippen molar-refractivity contribution in [2.45, 2.75) is 12.5 Å². The number of nitrogens with one attached hydrogen (secondary N) is 2. The first-order chi connectivity index (χ1) is 11.0. The van der Waals surface area contributed by atoms with Crippen LogP contribution in [0.25, 0.3) is 10.9 Å². The first-order valence-electron chi connectivity index (χ1n) is 6.96. The molecule has 0 fully saturated rings. The number of nitrogens with two attached hydrogens (primary N) is 1. The Morgan fingerprint density at radius 2 is 2.04 bits per heavy atom. The van der Waals surface area contributed by atoms with Crippen LogP contribution in [-0.4, -0.2) is 22.1 Å². The van der Waals surface area contributed by atoms with Crippen molar-refractivity contribution in [1.29, 1.82) is 0 Å². The lowest BCUT2D eigenvalue weighted by Crippen LogP contribution is -2.37. The number of amides is 1. The maximum absolute atomic E-state index is 12.2. The number of rotatable bonds is 4. The monoisotopic (exact) mass is 348 g/mol. The largest absolute Gasteiger partial charge is 0.325 e. The number of halogens is 2. The lowest BCUT2D eigenvalue weighted by Gasteiger charge is -2.13. The van der Waals surface area contributed by atoms with Crippen LogP contribution >= 0.6 is 23.2 Å². The minimum absolute atomic E-state index is 0.265. The molecule has 7 heteroatoms. The number of benzene rings is 2. The zero-order chi connectivity index (χ0) is 16.4. The van der Waals surface area contributed by atoms with Crippen LogP contribution in [0.4, 0.5) is 5.69 Å². The van der Waals surface area contributed by atoms with Gasteiger partial charge in [-0.25, -0.2) is 0 Å². The number of aromatic amines is 1. The number of nitrogens with zero attached hydrogens (tertiary/aromatic N) is 1. The van der Waals surface area contributed by atoms with E-state index in [1.54, 1.807) is 30.5 Å². The van der Waals surface area contributed by atoms with Gasteiger partial charge in [-0.05, 0) is 42.3 Å². The van der Waals surface area contributed by atoms with Gasteiger partial charge in [-0.1, -0.05) is 29.3 Å². The molecule has 0 bridgehead atoms. The van der Waals surface area contributed by atoms with Crippen LogP contribution < -0.4 is 11.1 Å². The highest BCUT2D eigenvalue weighted by Crippen LogP contribution is 2.23. The second-order valence-corrected chi connectivity index (χ2v) is 6.03. The third kappa shape index (κ3) is 3.64. The Morgan fingerprint density at radius 1 is 1.22 bits per heavy atom. The number of fused-ring (bicyclic) bond motifs is 1. The third-order valence-electron chi connectivity index (χ3n) is 3.48. The summed E-state index contributed by atoms with van der Waals surface area (Å²) in [6.07, 6.45) is 2.07. The summed E-state index contributed by atoms with van der Waals surface area (Å²) in [6, 6.07) is 10.0. The van der Waals surface area contributed by atoms with Crippen LogP contribution in [-0.2, 0) is 11.2 Å². The zero-order valence-electron chi connectivity index (χ0n) is 12.0. The highest BCUT2D eigenvalue weighted by molar-refractivity contribution is 6.42. The molecule has 0 saturated carbocycles. The molecule has 4 N–H and O–H groups in total. The summed E-state index contributed by atoms with van der Waals surface area (Å²) in [6.45, 7) is 0. The summed E-state index contributed by atoms with van der Waals surface area (Å²) in [5, 5.41) is 11.4. The van der Waals surface area contributed by atoms with Gasteiger partial charge in [-0.15, -0.1) is 0 Å². The zero-order valence-corrected chi connectivity index (χ0v) is 13.5. The Morgan fingerprint density at radius 3 is 2.83 bits per heavy atom. The molecule has 23 heavy (non-hydrogen) atoms. The number of H-pyrrole nitrogens is 1. The van der Waals surface area contributed by atoms with Gasteiger partial charge in [-0.2, -0.15) is 5.10 Å². The van der Waals surface area contributed by atoms with Gasteiger partial charge in [0.1, 0.15) is 0 Å². The van der Waals surface area contributed by atoms with E-state index < -0.39 is 6.04 Å². The smallest absolute Gasteiger partial charge is 0.241 e. The molecule has 3 aromatic rings. The lowest BCUT2D eigenvalue weighted by atomic mass is 10.1. The van der Waals surface area contributed by atoms with Gasteiger partial charge in [0.2, 0.25) is 5.91 Å². The Bertz CT molecular complexity index is 862. The average Bonchev–Trinajstić information content (AvgIpc) is 2.98. The predicted octanol–water partition coefficient (Wildman–Crippen LogP) is 3.38. The summed E-state index contributed by atoms with van der Waals surface area (Å²) < 4.78 is 0. The van der Waals surface area contributed by atoms with Gasteiger partial charge in [-0.3, -0.25) is 9.89 Å². The summed E-state index contributed by atoms with van der Waals surface area (Å²) in [7, 11) is 0. The number of anilines is 1. The third-order valence-corrected chi connectivity index (χ3v) is 4.22. The molecular weight excluding hydrogens is 335 g/mol. The molecule has 0 aliphatic carbocycles. The number of carbonyl (C=O) groups is 1. The first-order valence-corrected chi connectivity index (χ1v) is 7.72. The first kappa shape index (κ1) is 15.8. The topological polar surface area (TPSA) is 83.8 Å². The standard InChI is InChI=1S/C16H14Cl2N4O/c17-12-3-1-9(5-13(12)18)6-14(19)16(23)21-11-2-4-15-10(7-11)8-20-22-15/h1-5,7-8,14H,6,19H2,(H,20,22)(H,21,23)/t14-/m1/s1. The number of hydrogen-bond acceptors (Lipinski definition) is 3. The van der Waals surface area contributed by atoms with E-state index in [0.29, 0.717) is 22.2 Å². The van der Waals surface area contributed by atoms with Crippen molar-refractivity contribution in [1.82, 2.24) is 10.2 Å². The van der Waals surface area contributed by atoms with E-state index in [0.717, 1.165) is 16.5 Å². The molecule has 0 aliphatic heterocycles. The molecule has 0 saturated heterocycles. The summed E-state index contributed by atoms with van der Waals surface area (Å²) >= 11 is 11.8. The molecule has 0 unspecified atom stereocenters. The van der Waals surface area contributed by atoms with Crippen molar-refractivity contribution in [3.63, 3.8) is 0 Å². The van der Waals surface area contributed by atoms with Gasteiger partial charge in [0.25, 0.3) is 0 Å². The number of carbonyl (C=O) groups excluding carboxylic acids is 1. The summed E-state index contributed by atoms with van der Waals surface area (Å²) in [5.74, 6) is -0.265. The second kappa shape index (κ2) is 6.58. The molecule has 1 amide bonds. The van der Waals surface area contributed by atoms with Crippen LogP contribution in [0.15, 0.2) is 42.6 Å². The van der Waals surface area contributed by atoms with Crippen molar-refractivity contribution in [3.8, 4) is 0 Å². The van der Waals surface area contributed by atoms with Crippen molar-refractivity contribution >= 4 is 45.7 Å². The van der Waals surface area contributed by atoms with Crippen LogP contribution in [0.2, 0.25) is 10.0 Å². The molecule has 0 aliphatic rings. The van der Waals surface area contributed by atoms with Gasteiger partial charge in [0.15, 0.2) is 0 Å². The van der Waals surface area contributed by atoms with Crippen LogP contribution in [0.3, 0.4) is 0 Å². The fraction of sp³-hybridized carbons (Fsp3) is 0.125. The fourth-order valence-corrected chi connectivity index (χ4v) is 2.59. The van der Waals surface area contributed by atoms with Crippen molar-refractivity contribution < 1.29 is 4.79 Å². The van der Waals surface area contributed by atoms with E-state index in [9.17, 15) is 4.79 Å². The van der Waals surface area contributed by atoms with Gasteiger partial charge < -0.3 is 11.1 Å². The number of aromatic nitrogens is 2. The summed E-state index contributed by atoms with van der Waals surface area (Å²) in [4.78, 5) is 12.2. The molecule has 0 radical (unpaired) electrons. The molecule has 1 atom stereocenters. The molecule has 0 spiro atoms. The molecule has 118 valence electrons. The van der Waals surface area contributed by atoms with Crippen molar-refractivity contribution in [3.05, 3.63) is 58.2 Å². The molecule has 5 nitrogen and oxygen atoms in total. The van der Waals surface area contributed by atoms with Crippen LogP contribution in [0.5, 0.6) is 0 Å². The Balaban J connectivity index is 1.67. The Hall–Kier alpha value is -2.08. The van der Waals surface area contributed by atoms with Gasteiger partial charge >= 0.3 is 0 Å². The Kier molecular flexibility index (Phi) is 4.52. The van der Waals surface area contributed by atoms with Crippen LogP contribution in [0.1, 0.15) is 5.56 Å². The van der Waals surface area contributed by atoms with E-state index in [1.807, 2.05) is 12.1 Å². The molecule has 3 rings (SSSR count). The average molecular weight is 349 g/mol. The highest BCUT2D eigenvalue weighted by atomic mass is 35.5. The van der Waals surface area contributed by atoms with E-state index in [1.165, 1.54) is 0 Å². The summed E-state index contributed by atoms with van der Waals surface area (Å²) in [5.41, 5.74) is 8.41. The molecule has 1 heterocycles. The molecular formula is C16H14Cl2N4O. The lowest BCUT2D eigenvalue weighted by molar-refractivity contribution is -0.117. The van der Waals surface area contributed by atoms with Crippen molar-refractivity contribution in [2.24, 2.45) is 5.73 Å². The van der Waals surface area contributed by atoms with Crippen molar-refractivity contribution in [2.75, 3.05) is 5.32 Å². The fourth-order valence-electron chi connectivity index (χ4n) is 2.27. The van der Waals surface area contributed by atoms with Crippen LogP contribution in [0, 0.1) is 0 Å². The van der Waals surface area contributed by atoms with E-state index >= 15 is 0 Å². The normalized spacial score (nSPS) is 12.3. The highest BCUT2D eigenvalue weighted by Gasteiger charge is 2.15. The Labute approximate surface area is 142 Å². The van der Waals surface area contributed by atoms with E-state index in [-0.39, 0.29) is 5.91 Å². The van der Waals surface area contributed by atoms with E-state index in [4.69, 9.17) is 28.9 Å².